The van der Waals surface area contributed by atoms with Gasteiger partial charge in [-0.3, -0.25) is 9.79 Å². The van der Waals surface area contributed by atoms with Gasteiger partial charge in [-0.2, -0.15) is 0 Å². The van der Waals surface area contributed by atoms with Crippen molar-refractivity contribution >= 4 is 41.7 Å². The Morgan fingerprint density at radius 1 is 1.25 bits per heavy atom. The Morgan fingerprint density at radius 3 is 2.84 bits per heavy atom. The van der Waals surface area contributed by atoms with Gasteiger partial charge >= 0.3 is 0 Å². The highest BCUT2D eigenvalue weighted by Gasteiger charge is 2.25. The fourth-order valence-electron chi connectivity index (χ4n) is 3.45. The Bertz CT molecular complexity index is 913. The third-order valence-electron chi connectivity index (χ3n) is 4.87. The van der Waals surface area contributed by atoms with E-state index < -0.39 is 0 Å². The fourth-order valence-corrected chi connectivity index (χ4v) is 3.45. The molecule has 1 unspecified atom stereocenters. The molecular weight excluding hydrogens is 529 g/mol. The fraction of sp³-hybridized carbons (Fsp3) is 0.409. The van der Waals surface area contributed by atoms with Crippen LogP contribution in [0.2, 0.25) is 0 Å². The van der Waals surface area contributed by atoms with E-state index in [1.165, 1.54) is 18.2 Å². The lowest BCUT2D eigenvalue weighted by Gasteiger charge is -2.20. The molecule has 1 aliphatic heterocycles. The molecule has 2 heterocycles. The summed E-state index contributed by atoms with van der Waals surface area (Å²) in [7, 11) is 0. The molecule has 0 aliphatic carbocycles. The summed E-state index contributed by atoms with van der Waals surface area (Å²) in [5.41, 5.74) is 0.631. The summed E-state index contributed by atoms with van der Waals surface area (Å²) in [6.07, 6.45) is 2.56. The van der Waals surface area contributed by atoms with E-state index in [0.29, 0.717) is 50.1 Å². The molecule has 0 spiro atoms. The highest BCUT2D eigenvalue weighted by atomic mass is 127. The summed E-state index contributed by atoms with van der Waals surface area (Å²) in [4.78, 5) is 22.6. The highest BCUT2D eigenvalue weighted by molar-refractivity contribution is 14.0. The first-order valence-electron chi connectivity index (χ1n) is 10.5. The van der Waals surface area contributed by atoms with E-state index in [4.69, 9.17) is 0 Å². The normalized spacial score (nSPS) is 15.8. The van der Waals surface area contributed by atoms with E-state index in [1.807, 2.05) is 11.8 Å². The first kappa shape index (κ1) is 25.8. The first-order valence-corrected chi connectivity index (χ1v) is 10.5. The Balaban J connectivity index is 0.00000363. The van der Waals surface area contributed by atoms with Gasteiger partial charge in [-0.1, -0.05) is 12.1 Å². The number of nitrogens with zero attached hydrogens (tertiary/aromatic N) is 3. The number of amides is 1. The zero-order valence-corrected chi connectivity index (χ0v) is 20.3. The lowest BCUT2D eigenvalue weighted by atomic mass is 10.1. The molecule has 1 fully saturated rings. The van der Waals surface area contributed by atoms with Crippen LogP contribution in [0.15, 0.2) is 47.6 Å². The van der Waals surface area contributed by atoms with E-state index in [1.54, 1.807) is 24.4 Å². The maximum Gasteiger partial charge on any atom is 0.224 e. The molecule has 1 atom stereocenters. The van der Waals surface area contributed by atoms with Gasteiger partial charge in [0.2, 0.25) is 5.91 Å². The molecule has 1 aromatic carbocycles. The van der Waals surface area contributed by atoms with Crippen LogP contribution < -0.4 is 20.9 Å². The van der Waals surface area contributed by atoms with Crippen molar-refractivity contribution in [1.82, 2.24) is 20.9 Å². The molecular formula is C22H29F2IN6O. The minimum absolute atomic E-state index is 0. The second kappa shape index (κ2) is 13.1. The Hall–Kier alpha value is -2.50. The van der Waals surface area contributed by atoms with Crippen molar-refractivity contribution in [2.24, 2.45) is 4.99 Å². The molecule has 174 valence electrons. The van der Waals surface area contributed by atoms with Gasteiger partial charge < -0.3 is 20.9 Å². The number of rotatable bonds is 8. The summed E-state index contributed by atoms with van der Waals surface area (Å²) in [5.74, 6) is 0.165. The number of hydrogen-bond donors (Lipinski definition) is 3. The van der Waals surface area contributed by atoms with Gasteiger partial charge in [-0.15, -0.1) is 24.0 Å². The average molecular weight is 558 g/mol. The molecule has 0 saturated carbocycles. The van der Waals surface area contributed by atoms with E-state index in [2.05, 4.69) is 25.9 Å². The molecule has 7 nitrogen and oxygen atoms in total. The van der Waals surface area contributed by atoms with Crippen LogP contribution in [0.25, 0.3) is 0 Å². The number of carbonyl (C=O) groups is 1. The van der Waals surface area contributed by atoms with Crippen LogP contribution in [-0.2, 0) is 11.2 Å². The van der Waals surface area contributed by atoms with Gasteiger partial charge in [0.25, 0.3) is 0 Å². The summed E-state index contributed by atoms with van der Waals surface area (Å²) in [6, 6.07) is 9.11. The van der Waals surface area contributed by atoms with Crippen LogP contribution >= 0.6 is 24.0 Å². The quantitative estimate of drug-likeness (QED) is 0.201. The van der Waals surface area contributed by atoms with Crippen molar-refractivity contribution in [3.63, 3.8) is 0 Å². The van der Waals surface area contributed by atoms with E-state index in [-0.39, 0.29) is 54.0 Å². The Morgan fingerprint density at radius 2 is 2.09 bits per heavy atom. The zero-order valence-electron chi connectivity index (χ0n) is 18.0. The van der Waals surface area contributed by atoms with Crippen molar-refractivity contribution in [3.05, 3.63) is 59.8 Å². The monoisotopic (exact) mass is 558 g/mol. The lowest BCUT2D eigenvalue weighted by molar-refractivity contribution is -0.120. The molecule has 2 aromatic rings. The minimum atomic E-state index is -0.354. The van der Waals surface area contributed by atoms with E-state index >= 15 is 0 Å². The molecule has 0 bridgehead atoms. The number of carbonyl (C=O) groups excluding carboxylic acids is 1. The third kappa shape index (κ3) is 7.88. The molecule has 1 aliphatic rings. The Kier molecular flexibility index (Phi) is 10.6. The van der Waals surface area contributed by atoms with Gasteiger partial charge in [-0.05, 0) is 43.2 Å². The largest absolute Gasteiger partial charge is 0.357 e. The number of nitrogens with one attached hydrogen (secondary N) is 3. The summed E-state index contributed by atoms with van der Waals surface area (Å²) >= 11 is 0. The predicted octanol–water partition coefficient (Wildman–Crippen LogP) is 2.47. The van der Waals surface area contributed by atoms with E-state index in [9.17, 15) is 13.6 Å². The highest BCUT2D eigenvalue weighted by Crippen LogP contribution is 2.20. The number of aromatic nitrogens is 1. The van der Waals surface area contributed by atoms with Crippen LogP contribution in [0.5, 0.6) is 0 Å². The van der Waals surface area contributed by atoms with Crippen LogP contribution in [-0.4, -0.2) is 55.6 Å². The molecule has 1 aromatic heterocycles. The second-order valence-electron chi connectivity index (χ2n) is 7.30. The number of anilines is 1. The minimum Gasteiger partial charge on any atom is -0.357 e. The van der Waals surface area contributed by atoms with Crippen molar-refractivity contribution < 1.29 is 13.6 Å². The van der Waals surface area contributed by atoms with Gasteiger partial charge in [0.1, 0.15) is 5.82 Å². The molecule has 3 rings (SSSR count). The maximum atomic E-state index is 14.0. The molecule has 0 radical (unpaired) electrons. The summed E-state index contributed by atoms with van der Waals surface area (Å²) < 4.78 is 27.2. The lowest BCUT2D eigenvalue weighted by Crippen LogP contribution is -2.45. The van der Waals surface area contributed by atoms with Crippen molar-refractivity contribution in [2.45, 2.75) is 25.8 Å². The van der Waals surface area contributed by atoms with E-state index in [0.717, 1.165) is 6.42 Å². The van der Waals surface area contributed by atoms with Crippen LogP contribution in [0.3, 0.4) is 0 Å². The maximum absolute atomic E-state index is 14.0. The van der Waals surface area contributed by atoms with Gasteiger partial charge in [-0.25, -0.2) is 13.8 Å². The van der Waals surface area contributed by atoms with Gasteiger partial charge in [0.15, 0.2) is 17.6 Å². The van der Waals surface area contributed by atoms with Crippen LogP contribution in [0.1, 0.15) is 18.9 Å². The van der Waals surface area contributed by atoms with Crippen molar-refractivity contribution in [3.8, 4) is 0 Å². The molecule has 32 heavy (non-hydrogen) atoms. The number of pyridine rings is 1. The zero-order chi connectivity index (χ0) is 22.1. The van der Waals surface area contributed by atoms with Gasteiger partial charge in [0, 0.05) is 38.4 Å². The number of benzene rings is 1. The first-order chi connectivity index (χ1) is 15.0. The SMILES string of the molecule is CCNC(=NCCNC(=O)Cc1cccc(F)c1)NC1CCN(c2ncccc2F)C1.I. The topological polar surface area (TPSA) is 81.6 Å². The van der Waals surface area contributed by atoms with Gasteiger partial charge in [0.05, 0.1) is 13.0 Å². The number of halogens is 3. The Labute approximate surface area is 204 Å². The molecule has 10 heteroatoms. The standard InChI is InChI=1S/C22H28F2N6O.HI/c1-2-25-22(28-11-10-26-20(31)14-16-5-3-6-17(23)13-16)29-18-8-12-30(15-18)21-19(24)7-4-9-27-21;/h3-7,9,13,18H,2,8,10-12,14-15H2,1H3,(H,26,31)(H2,25,28,29);1H. The third-order valence-corrected chi connectivity index (χ3v) is 4.87. The average Bonchev–Trinajstić information content (AvgIpc) is 3.20. The van der Waals surface area contributed by atoms with Crippen LogP contribution in [0.4, 0.5) is 14.6 Å². The van der Waals surface area contributed by atoms with Crippen molar-refractivity contribution in [2.75, 3.05) is 37.6 Å². The smallest absolute Gasteiger partial charge is 0.224 e. The molecule has 3 N–H and O–H groups in total. The van der Waals surface area contributed by atoms with Crippen LogP contribution in [0, 0.1) is 11.6 Å². The summed E-state index contributed by atoms with van der Waals surface area (Å²) in [6.45, 7) is 4.78. The second-order valence-corrected chi connectivity index (χ2v) is 7.30. The number of guanidine groups is 1. The summed E-state index contributed by atoms with van der Waals surface area (Å²) in [5, 5.41) is 9.34. The number of hydrogen-bond acceptors (Lipinski definition) is 4. The number of aliphatic imine (C=N–C) groups is 1. The predicted molar refractivity (Wildman–Crippen MR) is 132 cm³/mol. The molecule has 1 saturated heterocycles. The van der Waals surface area contributed by atoms with Crippen molar-refractivity contribution in [1.29, 1.82) is 0 Å². The molecule has 1 amide bonds.